The molecule has 1 aromatic rings. The van der Waals surface area contributed by atoms with Crippen molar-refractivity contribution in [1.29, 1.82) is 0 Å². The number of hydrogen-bond acceptors (Lipinski definition) is 4. The topological polar surface area (TPSA) is 40.0 Å². The van der Waals surface area contributed by atoms with Crippen LogP contribution in [0.4, 0.5) is 4.39 Å². The van der Waals surface area contributed by atoms with E-state index in [0.29, 0.717) is 30.4 Å². The van der Waals surface area contributed by atoms with Crippen LogP contribution >= 0.6 is 10.3 Å². The lowest BCUT2D eigenvalue weighted by atomic mass is 10.1. The second-order valence-electron chi connectivity index (χ2n) is 6.07. The molecule has 0 unspecified atom stereocenters. The number of halogens is 1. The van der Waals surface area contributed by atoms with E-state index in [9.17, 15) is 4.39 Å². The molecule has 1 saturated heterocycles. The zero-order chi connectivity index (χ0) is 16.9. The van der Waals surface area contributed by atoms with Gasteiger partial charge in [0.2, 0.25) is 5.88 Å². The third-order valence-corrected chi connectivity index (χ3v) is 3.82. The van der Waals surface area contributed by atoms with E-state index in [-0.39, 0.29) is 11.9 Å². The molecular formula is C17H24FNO3S. The van der Waals surface area contributed by atoms with Crippen LogP contribution in [0.25, 0.3) is 0 Å². The van der Waals surface area contributed by atoms with Crippen molar-refractivity contribution in [3.05, 3.63) is 42.0 Å². The molecular weight excluding hydrogens is 317 g/mol. The predicted octanol–water partition coefficient (Wildman–Crippen LogP) is 3.90. The van der Waals surface area contributed by atoms with Crippen LogP contribution in [0.2, 0.25) is 0 Å². The summed E-state index contributed by atoms with van der Waals surface area (Å²) in [4.78, 5) is 4.18. The molecule has 128 valence electrons. The van der Waals surface area contributed by atoms with Crippen molar-refractivity contribution >= 4 is 16.5 Å². The molecule has 1 aliphatic rings. The summed E-state index contributed by atoms with van der Waals surface area (Å²) in [7, 11) is -1.20. The molecule has 1 fully saturated rings. The van der Waals surface area contributed by atoms with Crippen LogP contribution in [0.15, 0.2) is 35.7 Å². The van der Waals surface area contributed by atoms with Crippen LogP contribution in [-0.2, 0) is 8.92 Å². The molecule has 1 aliphatic heterocycles. The molecule has 0 aliphatic carbocycles. The molecule has 0 spiro atoms. The van der Waals surface area contributed by atoms with Gasteiger partial charge in [0.25, 0.3) is 0 Å². The lowest BCUT2D eigenvalue weighted by Gasteiger charge is -2.25. The van der Waals surface area contributed by atoms with Crippen LogP contribution in [0, 0.1) is 5.82 Å². The highest BCUT2D eigenvalue weighted by Crippen LogP contribution is 2.38. The maximum atomic E-state index is 13.5. The highest BCUT2D eigenvalue weighted by Gasteiger charge is 2.17. The van der Waals surface area contributed by atoms with Crippen molar-refractivity contribution in [2.75, 3.05) is 32.0 Å². The fraction of sp³-hybridized carbons (Fsp3) is 0.471. The van der Waals surface area contributed by atoms with E-state index in [0.717, 1.165) is 12.8 Å². The Morgan fingerprint density at radius 1 is 1.35 bits per heavy atom. The van der Waals surface area contributed by atoms with Crippen LogP contribution in [0.3, 0.4) is 0 Å². The minimum atomic E-state index is -1.20. The fourth-order valence-corrected chi connectivity index (χ4v) is 2.77. The largest absolute Gasteiger partial charge is 0.490 e. The van der Waals surface area contributed by atoms with Gasteiger partial charge in [0, 0.05) is 24.6 Å². The first-order valence-corrected chi connectivity index (χ1v) is 10.3. The average molecular weight is 341 g/mol. The van der Waals surface area contributed by atoms with Gasteiger partial charge >= 0.3 is 0 Å². The van der Waals surface area contributed by atoms with Crippen molar-refractivity contribution in [3.63, 3.8) is 0 Å². The fourth-order valence-electron chi connectivity index (χ4n) is 2.15. The van der Waals surface area contributed by atoms with Crippen LogP contribution in [0.1, 0.15) is 18.4 Å². The second kappa shape index (κ2) is 7.84. The van der Waals surface area contributed by atoms with Crippen molar-refractivity contribution < 1.29 is 18.0 Å². The maximum Gasteiger partial charge on any atom is 0.217 e. The summed E-state index contributed by atoms with van der Waals surface area (Å²) in [6.45, 7) is 5.15. The van der Waals surface area contributed by atoms with Gasteiger partial charge in [-0.1, -0.05) is 10.3 Å². The standard InChI is InChI=1S/C17H24FNO3S/c1-13(22-23(2,3)4)19-12-14-11-15(18)5-6-17(14)21-16-7-9-20-10-8-16/h5-6,11-12,16H,1,7-10H2,2-4H3/b19-12+. The molecule has 6 heteroatoms. The third-order valence-electron chi connectivity index (χ3n) is 3.13. The summed E-state index contributed by atoms with van der Waals surface area (Å²) >= 11 is 0. The summed E-state index contributed by atoms with van der Waals surface area (Å²) < 4.78 is 30.4. The van der Waals surface area contributed by atoms with Crippen molar-refractivity contribution in [2.45, 2.75) is 18.9 Å². The lowest BCUT2D eigenvalue weighted by molar-refractivity contribution is 0.0255. The Kier molecular flexibility index (Phi) is 6.07. The van der Waals surface area contributed by atoms with Gasteiger partial charge in [0.05, 0.1) is 13.2 Å². The van der Waals surface area contributed by atoms with Gasteiger partial charge in [-0.15, -0.1) is 0 Å². The Labute approximate surface area is 138 Å². The van der Waals surface area contributed by atoms with Crippen LogP contribution in [0.5, 0.6) is 5.75 Å². The van der Waals surface area contributed by atoms with Gasteiger partial charge in [-0.25, -0.2) is 9.38 Å². The zero-order valence-electron chi connectivity index (χ0n) is 13.9. The molecule has 23 heavy (non-hydrogen) atoms. The molecule has 0 radical (unpaired) electrons. The molecule has 1 aromatic carbocycles. The van der Waals surface area contributed by atoms with E-state index in [2.05, 4.69) is 11.6 Å². The Morgan fingerprint density at radius 2 is 2.04 bits per heavy atom. The first-order valence-electron chi connectivity index (χ1n) is 7.48. The van der Waals surface area contributed by atoms with Crippen molar-refractivity contribution in [3.8, 4) is 5.75 Å². The number of rotatable bonds is 6. The van der Waals surface area contributed by atoms with E-state index in [4.69, 9.17) is 13.7 Å². The Balaban J connectivity index is 2.10. The van der Waals surface area contributed by atoms with E-state index in [1.165, 1.54) is 18.3 Å². The van der Waals surface area contributed by atoms with E-state index >= 15 is 0 Å². The second-order valence-corrected chi connectivity index (χ2v) is 9.69. The molecule has 0 aromatic heterocycles. The van der Waals surface area contributed by atoms with E-state index in [1.54, 1.807) is 6.07 Å². The Bertz CT molecular complexity index is 578. The minimum Gasteiger partial charge on any atom is -0.490 e. The Morgan fingerprint density at radius 3 is 2.70 bits per heavy atom. The summed E-state index contributed by atoms with van der Waals surface area (Å²) in [5.74, 6) is 0.588. The number of benzene rings is 1. The van der Waals surface area contributed by atoms with Crippen molar-refractivity contribution in [1.82, 2.24) is 0 Å². The SMILES string of the molecule is C=C(/N=C/c1cc(F)ccc1OC1CCOCC1)OS(C)(C)C. The summed E-state index contributed by atoms with van der Waals surface area (Å²) in [6.07, 6.45) is 9.26. The van der Waals surface area contributed by atoms with Crippen LogP contribution < -0.4 is 4.74 Å². The van der Waals surface area contributed by atoms with Crippen molar-refractivity contribution in [2.24, 2.45) is 4.99 Å². The average Bonchev–Trinajstić information content (AvgIpc) is 2.47. The number of aliphatic imine (C=N–C) groups is 1. The van der Waals surface area contributed by atoms with Gasteiger partial charge in [0.15, 0.2) is 0 Å². The minimum absolute atomic E-state index is 0.0832. The molecule has 1 heterocycles. The van der Waals surface area contributed by atoms with Crippen LogP contribution in [-0.4, -0.2) is 44.3 Å². The number of ether oxygens (including phenoxy) is 2. The highest BCUT2D eigenvalue weighted by molar-refractivity contribution is 8.28. The molecule has 0 bridgehead atoms. The lowest BCUT2D eigenvalue weighted by Crippen LogP contribution is -2.26. The summed E-state index contributed by atoms with van der Waals surface area (Å²) in [5, 5.41) is 0. The molecule has 0 atom stereocenters. The first-order chi connectivity index (χ1) is 10.8. The Hall–Kier alpha value is -1.53. The molecule has 4 nitrogen and oxygen atoms in total. The quantitative estimate of drug-likeness (QED) is 0.582. The number of hydrogen-bond donors (Lipinski definition) is 0. The van der Waals surface area contributed by atoms with Gasteiger partial charge in [0.1, 0.15) is 17.7 Å². The molecule has 0 N–H and O–H groups in total. The van der Waals surface area contributed by atoms with Gasteiger partial charge < -0.3 is 13.7 Å². The van der Waals surface area contributed by atoms with E-state index in [1.807, 2.05) is 18.8 Å². The number of nitrogens with zero attached hydrogens (tertiary/aromatic N) is 1. The molecule has 0 saturated carbocycles. The summed E-state index contributed by atoms with van der Waals surface area (Å²) in [6, 6.07) is 4.41. The van der Waals surface area contributed by atoms with Gasteiger partial charge in [-0.2, -0.15) is 0 Å². The zero-order valence-corrected chi connectivity index (χ0v) is 14.7. The smallest absolute Gasteiger partial charge is 0.217 e. The summed E-state index contributed by atoms with van der Waals surface area (Å²) in [5.41, 5.74) is 0.574. The molecule has 2 rings (SSSR count). The maximum absolute atomic E-state index is 13.5. The first kappa shape index (κ1) is 17.8. The highest BCUT2D eigenvalue weighted by atomic mass is 32.3. The van der Waals surface area contributed by atoms with Gasteiger partial charge in [-0.05, 0) is 43.5 Å². The predicted molar refractivity (Wildman–Crippen MR) is 94.1 cm³/mol. The molecule has 0 amide bonds. The van der Waals surface area contributed by atoms with Gasteiger partial charge in [-0.3, -0.25) is 0 Å². The van der Waals surface area contributed by atoms with E-state index < -0.39 is 10.3 Å². The normalized spacial score (nSPS) is 17.2. The third kappa shape index (κ3) is 6.23. The monoisotopic (exact) mass is 341 g/mol.